The van der Waals surface area contributed by atoms with Crippen molar-refractivity contribution < 1.29 is 27.8 Å². The third kappa shape index (κ3) is 3.73. The van der Waals surface area contributed by atoms with Crippen LogP contribution >= 0.6 is 0 Å². The van der Waals surface area contributed by atoms with Crippen molar-refractivity contribution in [2.24, 2.45) is 5.92 Å². The molecule has 0 aliphatic carbocycles. The van der Waals surface area contributed by atoms with Crippen molar-refractivity contribution >= 4 is 6.29 Å². The van der Waals surface area contributed by atoms with Crippen molar-refractivity contribution in [1.82, 2.24) is 0 Å². The van der Waals surface area contributed by atoms with Crippen LogP contribution in [0.1, 0.15) is 22.8 Å². The number of aliphatic hydroxyl groups excluding tert-OH is 1. The van der Waals surface area contributed by atoms with Crippen LogP contribution in [0.3, 0.4) is 0 Å². The Labute approximate surface area is 102 Å². The van der Waals surface area contributed by atoms with Crippen LogP contribution in [0.5, 0.6) is 5.75 Å². The highest BCUT2D eigenvalue weighted by molar-refractivity contribution is 5.75. The van der Waals surface area contributed by atoms with Gasteiger partial charge in [-0.05, 0) is 18.2 Å². The van der Waals surface area contributed by atoms with Gasteiger partial charge in [-0.25, -0.2) is 0 Å². The number of hydrogen-bond donors (Lipinski definition) is 1. The summed E-state index contributed by atoms with van der Waals surface area (Å²) < 4.78 is 43.2. The molecule has 18 heavy (non-hydrogen) atoms. The SMILES string of the molecule is CC(CO)COc1ccc(C=O)cc1C(F)(F)F. The van der Waals surface area contributed by atoms with E-state index in [1.807, 2.05) is 0 Å². The molecule has 6 heteroatoms. The molecule has 0 saturated carbocycles. The predicted octanol–water partition coefficient (Wildman–Crippen LogP) is 2.53. The number of carbonyl (C=O) groups is 1. The van der Waals surface area contributed by atoms with Crippen LogP contribution in [-0.2, 0) is 6.18 Å². The van der Waals surface area contributed by atoms with Gasteiger partial charge in [0, 0.05) is 18.1 Å². The summed E-state index contributed by atoms with van der Waals surface area (Å²) in [7, 11) is 0. The lowest BCUT2D eigenvalue weighted by Crippen LogP contribution is -2.15. The molecule has 0 aliphatic rings. The number of rotatable bonds is 5. The number of ether oxygens (including phenoxy) is 1. The molecule has 1 N–H and O–H groups in total. The quantitative estimate of drug-likeness (QED) is 0.829. The lowest BCUT2D eigenvalue weighted by atomic mass is 10.1. The first-order chi connectivity index (χ1) is 8.38. The molecule has 1 aromatic rings. The third-order valence-electron chi connectivity index (χ3n) is 2.28. The molecule has 0 amide bonds. The second-order valence-electron chi connectivity index (χ2n) is 3.97. The standard InChI is InChI=1S/C12H13F3O3/c1-8(5-16)7-18-11-3-2-9(6-17)4-10(11)12(13,14)15/h2-4,6,8,16H,5,7H2,1H3. The summed E-state index contributed by atoms with van der Waals surface area (Å²) in [6, 6.07) is 3.10. The number of halogens is 3. The molecule has 0 aromatic heterocycles. The van der Waals surface area contributed by atoms with Crippen LogP contribution in [0, 0.1) is 5.92 Å². The molecule has 1 atom stereocenters. The first-order valence-corrected chi connectivity index (χ1v) is 5.28. The van der Waals surface area contributed by atoms with Gasteiger partial charge >= 0.3 is 6.18 Å². The first-order valence-electron chi connectivity index (χ1n) is 5.28. The number of aldehydes is 1. The number of benzene rings is 1. The molecule has 3 nitrogen and oxygen atoms in total. The monoisotopic (exact) mass is 262 g/mol. The summed E-state index contributed by atoms with van der Waals surface area (Å²) in [6.45, 7) is 1.45. The Kier molecular flexibility index (Phi) is 4.72. The number of alkyl halides is 3. The summed E-state index contributed by atoms with van der Waals surface area (Å²) in [6.07, 6.45) is -4.24. The molecule has 100 valence electrons. The van der Waals surface area contributed by atoms with E-state index in [2.05, 4.69) is 0 Å². The molecule has 1 aromatic carbocycles. The zero-order chi connectivity index (χ0) is 13.8. The minimum absolute atomic E-state index is 0.0278. The maximum absolute atomic E-state index is 12.7. The van der Waals surface area contributed by atoms with E-state index in [1.165, 1.54) is 6.07 Å². The van der Waals surface area contributed by atoms with E-state index < -0.39 is 11.7 Å². The van der Waals surface area contributed by atoms with Crippen LogP contribution < -0.4 is 4.74 Å². The maximum atomic E-state index is 12.7. The molecule has 1 rings (SSSR count). The topological polar surface area (TPSA) is 46.5 Å². The number of hydrogen-bond acceptors (Lipinski definition) is 3. The average Bonchev–Trinajstić information content (AvgIpc) is 2.34. The average molecular weight is 262 g/mol. The second kappa shape index (κ2) is 5.86. The van der Waals surface area contributed by atoms with Gasteiger partial charge in [0.25, 0.3) is 0 Å². The Balaban J connectivity index is 2.99. The summed E-state index contributed by atoms with van der Waals surface area (Å²) in [5.74, 6) is -0.606. The van der Waals surface area contributed by atoms with Crippen molar-refractivity contribution in [1.29, 1.82) is 0 Å². The van der Waals surface area contributed by atoms with Gasteiger partial charge in [-0.15, -0.1) is 0 Å². The van der Waals surface area contributed by atoms with Crippen molar-refractivity contribution in [2.75, 3.05) is 13.2 Å². The lowest BCUT2D eigenvalue weighted by molar-refractivity contribution is -0.139. The second-order valence-corrected chi connectivity index (χ2v) is 3.97. The Bertz CT molecular complexity index is 416. The van der Waals surface area contributed by atoms with Gasteiger partial charge in [-0.1, -0.05) is 6.92 Å². The summed E-state index contributed by atoms with van der Waals surface area (Å²) in [5, 5.41) is 8.78. The van der Waals surface area contributed by atoms with Crippen LogP contribution in [0.25, 0.3) is 0 Å². The molecule has 0 bridgehead atoms. The third-order valence-corrected chi connectivity index (χ3v) is 2.28. The van der Waals surface area contributed by atoms with Gasteiger partial charge < -0.3 is 9.84 Å². The smallest absolute Gasteiger partial charge is 0.419 e. The van der Waals surface area contributed by atoms with Gasteiger partial charge in [0.05, 0.1) is 12.2 Å². The minimum Gasteiger partial charge on any atom is -0.493 e. The Morgan fingerprint density at radius 2 is 2.11 bits per heavy atom. The fraction of sp³-hybridized carbons (Fsp3) is 0.417. The van der Waals surface area contributed by atoms with Crippen LogP contribution in [-0.4, -0.2) is 24.6 Å². The minimum atomic E-state index is -4.59. The van der Waals surface area contributed by atoms with E-state index >= 15 is 0 Å². The molecule has 1 unspecified atom stereocenters. The fourth-order valence-corrected chi connectivity index (χ4v) is 1.25. The van der Waals surface area contributed by atoms with Crippen LogP contribution in [0.2, 0.25) is 0 Å². The number of aliphatic hydroxyl groups is 1. The maximum Gasteiger partial charge on any atom is 0.419 e. The molecule has 0 heterocycles. The number of carbonyl (C=O) groups excluding carboxylic acids is 1. The highest BCUT2D eigenvalue weighted by atomic mass is 19.4. The predicted molar refractivity (Wildman–Crippen MR) is 58.6 cm³/mol. The molecular weight excluding hydrogens is 249 g/mol. The Hall–Kier alpha value is -1.56. The Morgan fingerprint density at radius 3 is 2.61 bits per heavy atom. The lowest BCUT2D eigenvalue weighted by Gasteiger charge is -2.16. The Morgan fingerprint density at radius 1 is 1.44 bits per heavy atom. The van der Waals surface area contributed by atoms with Crippen molar-refractivity contribution in [3.63, 3.8) is 0 Å². The zero-order valence-corrected chi connectivity index (χ0v) is 9.70. The molecule has 0 radical (unpaired) electrons. The van der Waals surface area contributed by atoms with Crippen LogP contribution in [0.15, 0.2) is 18.2 Å². The highest BCUT2D eigenvalue weighted by Gasteiger charge is 2.34. The van der Waals surface area contributed by atoms with E-state index in [4.69, 9.17) is 9.84 Å². The van der Waals surface area contributed by atoms with E-state index in [-0.39, 0.29) is 30.4 Å². The van der Waals surface area contributed by atoms with E-state index in [0.717, 1.165) is 12.1 Å². The van der Waals surface area contributed by atoms with Gasteiger partial charge in [0.2, 0.25) is 0 Å². The summed E-state index contributed by atoms with van der Waals surface area (Å²) in [5.41, 5.74) is -1.05. The van der Waals surface area contributed by atoms with Crippen LogP contribution in [0.4, 0.5) is 13.2 Å². The highest BCUT2D eigenvalue weighted by Crippen LogP contribution is 2.36. The molecule has 0 saturated heterocycles. The molecule has 0 spiro atoms. The van der Waals surface area contributed by atoms with Gasteiger partial charge in [0.1, 0.15) is 12.0 Å². The largest absolute Gasteiger partial charge is 0.493 e. The van der Waals surface area contributed by atoms with Gasteiger partial charge in [-0.3, -0.25) is 4.79 Å². The normalized spacial score (nSPS) is 13.2. The molecule has 0 fully saturated rings. The zero-order valence-electron chi connectivity index (χ0n) is 9.70. The fourth-order valence-electron chi connectivity index (χ4n) is 1.25. The van der Waals surface area contributed by atoms with Crippen molar-refractivity contribution in [3.05, 3.63) is 29.3 Å². The summed E-state index contributed by atoms with van der Waals surface area (Å²) in [4.78, 5) is 10.5. The first kappa shape index (κ1) is 14.5. The van der Waals surface area contributed by atoms with Gasteiger partial charge in [-0.2, -0.15) is 13.2 Å². The van der Waals surface area contributed by atoms with E-state index in [0.29, 0.717) is 6.29 Å². The summed E-state index contributed by atoms with van der Waals surface area (Å²) >= 11 is 0. The molecule has 0 aliphatic heterocycles. The van der Waals surface area contributed by atoms with Gasteiger partial charge in [0.15, 0.2) is 0 Å². The van der Waals surface area contributed by atoms with E-state index in [1.54, 1.807) is 6.92 Å². The molecular formula is C12H13F3O3. The van der Waals surface area contributed by atoms with Crippen molar-refractivity contribution in [3.8, 4) is 5.75 Å². The van der Waals surface area contributed by atoms with Crippen molar-refractivity contribution in [2.45, 2.75) is 13.1 Å². The van der Waals surface area contributed by atoms with E-state index in [9.17, 15) is 18.0 Å².